The second kappa shape index (κ2) is 11.2. The molecule has 56 heavy (non-hydrogen) atoms. The summed E-state index contributed by atoms with van der Waals surface area (Å²) in [6, 6.07) is 58.4. The number of nitrogens with zero attached hydrogens (tertiary/aromatic N) is 1. The molecule has 0 aliphatic heterocycles. The summed E-state index contributed by atoms with van der Waals surface area (Å²) in [5.41, 5.74) is 23.3. The van der Waals surface area contributed by atoms with Crippen LogP contribution >= 0.6 is 0 Å². The second-order valence-electron chi connectivity index (χ2n) is 18.5. The van der Waals surface area contributed by atoms with Gasteiger partial charge in [0.15, 0.2) is 0 Å². The first-order chi connectivity index (χ1) is 27.2. The Balaban J connectivity index is 1.00. The molecule has 2 saturated carbocycles. The van der Waals surface area contributed by atoms with Gasteiger partial charge in [-0.15, -0.1) is 0 Å². The van der Waals surface area contributed by atoms with Gasteiger partial charge in [-0.1, -0.05) is 143 Å². The minimum absolute atomic E-state index is 0.0247. The van der Waals surface area contributed by atoms with E-state index in [0.29, 0.717) is 0 Å². The average Bonchev–Trinajstić information content (AvgIpc) is 4.02. The van der Waals surface area contributed by atoms with Crippen LogP contribution in [0.1, 0.15) is 86.8 Å². The third-order valence-electron chi connectivity index (χ3n) is 15.2. The first-order valence-corrected chi connectivity index (χ1v) is 20.9. The predicted molar refractivity (Wildman–Crippen MR) is 233 cm³/mol. The van der Waals surface area contributed by atoms with Crippen molar-refractivity contribution in [3.8, 4) is 44.5 Å². The molecule has 5 aliphatic carbocycles. The molecular formula is C55H47N. The molecule has 0 radical (unpaired) electrons. The van der Waals surface area contributed by atoms with Crippen molar-refractivity contribution < 1.29 is 0 Å². The van der Waals surface area contributed by atoms with Crippen molar-refractivity contribution in [1.29, 1.82) is 0 Å². The maximum Gasteiger partial charge on any atom is 0.0465 e. The summed E-state index contributed by atoms with van der Waals surface area (Å²) in [6.07, 6.45) is 5.40. The van der Waals surface area contributed by atoms with Crippen LogP contribution in [0.3, 0.4) is 0 Å². The highest BCUT2D eigenvalue weighted by molar-refractivity contribution is 5.89. The van der Waals surface area contributed by atoms with Crippen molar-refractivity contribution in [3.63, 3.8) is 0 Å². The summed E-state index contributed by atoms with van der Waals surface area (Å²) in [6.45, 7) is 9.52. The summed E-state index contributed by atoms with van der Waals surface area (Å²) in [5.74, 6) is 1.56. The van der Waals surface area contributed by atoms with Crippen molar-refractivity contribution in [2.45, 2.75) is 69.6 Å². The lowest BCUT2D eigenvalue weighted by Gasteiger charge is -2.37. The van der Waals surface area contributed by atoms with E-state index < -0.39 is 0 Å². The first kappa shape index (κ1) is 32.6. The number of hydrogen-bond donors (Lipinski definition) is 0. The molecule has 12 rings (SSSR count). The van der Waals surface area contributed by atoms with Gasteiger partial charge in [-0.3, -0.25) is 0 Å². The van der Waals surface area contributed by atoms with Crippen molar-refractivity contribution in [3.05, 3.63) is 185 Å². The van der Waals surface area contributed by atoms with Crippen LogP contribution in [0, 0.1) is 11.8 Å². The molecule has 0 amide bonds. The molecule has 1 nitrogen and oxygen atoms in total. The Morgan fingerprint density at radius 1 is 0.411 bits per heavy atom. The largest absolute Gasteiger partial charge is 0.310 e. The lowest BCUT2D eigenvalue weighted by atomic mass is 9.67. The van der Waals surface area contributed by atoms with Crippen LogP contribution in [-0.2, 0) is 16.2 Å². The fourth-order valence-corrected chi connectivity index (χ4v) is 12.5. The van der Waals surface area contributed by atoms with Crippen molar-refractivity contribution >= 4 is 17.1 Å². The Hall–Kier alpha value is -5.66. The summed E-state index contributed by atoms with van der Waals surface area (Å²) in [5, 5.41) is 0. The van der Waals surface area contributed by atoms with Gasteiger partial charge in [0, 0.05) is 33.3 Å². The fourth-order valence-electron chi connectivity index (χ4n) is 12.5. The summed E-state index contributed by atoms with van der Waals surface area (Å²) >= 11 is 0. The highest BCUT2D eigenvalue weighted by Gasteiger charge is 2.56. The highest BCUT2D eigenvalue weighted by Crippen LogP contribution is 2.66. The van der Waals surface area contributed by atoms with E-state index >= 15 is 0 Å². The van der Waals surface area contributed by atoms with Crippen LogP contribution in [-0.4, -0.2) is 0 Å². The maximum atomic E-state index is 2.59. The fraction of sp³-hybridized carbons (Fsp3) is 0.236. The third-order valence-corrected chi connectivity index (χ3v) is 15.2. The zero-order valence-electron chi connectivity index (χ0n) is 32.9. The minimum atomic E-state index is -0.0782. The highest BCUT2D eigenvalue weighted by atomic mass is 15.1. The van der Waals surface area contributed by atoms with E-state index in [1.165, 1.54) is 110 Å². The Labute approximate surface area is 331 Å². The second-order valence-corrected chi connectivity index (χ2v) is 18.5. The molecule has 0 aromatic heterocycles. The number of rotatable bonds is 4. The van der Waals surface area contributed by atoms with Crippen LogP contribution in [0.4, 0.5) is 17.1 Å². The van der Waals surface area contributed by atoms with E-state index in [1.807, 2.05) is 0 Å². The molecule has 7 aromatic carbocycles. The molecule has 2 bridgehead atoms. The molecule has 3 atom stereocenters. The van der Waals surface area contributed by atoms with Gasteiger partial charge in [0.25, 0.3) is 0 Å². The molecule has 1 spiro atoms. The molecule has 5 aliphatic rings. The van der Waals surface area contributed by atoms with Gasteiger partial charge in [-0.2, -0.15) is 0 Å². The quantitative estimate of drug-likeness (QED) is 0.175. The van der Waals surface area contributed by atoms with E-state index in [-0.39, 0.29) is 16.2 Å². The zero-order chi connectivity index (χ0) is 37.6. The Kier molecular flexibility index (Phi) is 6.53. The van der Waals surface area contributed by atoms with E-state index in [0.717, 1.165) is 11.8 Å². The van der Waals surface area contributed by atoms with Gasteiger partial charge in [-0.25, -0.2) is 0 Å². The van der Waals surface area contributed by atoms with Crippen LogP contribution in [0.15, 0.2) is 152 Å². The topological polar surface area (TPSA) is 3.24 Å². The van der Waals surface area contributed by atoms with Crippen LogP contribution in [0.5, 0.6) is 0 Å². The molecule has 2 fully saturated rings. The number of benzene rings is 7. The van der Waals surface area contributed by atoms with Gasteiger partial charge in [0.1, 0.15) is 0 Å². The molecule has 0 N–H and O–H groups in total. The van der Waals surface area contributed by atoms with E-state index in [9.17, 15) is 0 Å². The third kappa shape index (κ3) is 4.21. The first-order valence-electron chi connectivity index (χ1n) is 20.9. The summed E-state index contributed by atoms with van der Waals surface area (Å²) in [4.78, 5) is 2.54. The zero-order valence-corrected chi connectivity index (χ0v) is 32.9. The van der Waals surface area contributed by atoms with Crippen LogP contribution < -0.4 is 4.90 Å². The SMILES string of the molecule is CC1(C)c2ccccc2-c2ccc(-c3ccc(N(c4ccc5c(c4)C(C)(C)c4ccccc4-5)c4ccc5c(c4)C4(CC6CCC4C6)c4ccccc4-5)cc3)cc21. The number of hydrogen-bond acceptors (Lipinski definition) is 1. The van der Waals surface area contributed by atoms with Crippen molar-refractivity contribution in [1.82, 2.24) is 0 Å². The van der Waals surface area contributed by atoms with Gasteiger partial charge in [0.05, 0.1) is 0 Å². The molecule has 272 valence electrons. The molecule has 0 saturated heterocycles. The summed E-state index contributed by atoms with van der Waals surface area (Å²) in [7, 11) is 0. The predicted octanol–water partition coefficient (Wildman–Crippen LogP) is 14.5. The Morgan fingerprint density at radius 3 is 1.46 bits per heavy atom. The lowest BCUT2D eigenvalue weighted by molar-refractivity contribution is 0.327. The van der Waals surface area contributed by atoms with Gasteiger partial charge >= 0.3 is 0 Å². The van der Waals surface area contributed by atoms with Gasteiger partial charge < -0.3 is 4.90 Å². The normalized spacial score (nSPS) is 22.0. The maximum absolute atomic E-state index is 2.59. The molecule has 1 heteroatoms. The van der Waals surface area contributed by atoms with E-state index in [2.05, 4.69) is 184 Å². The summed E-state index contributed by atoms with van der Waals surface area (Å²) < 4.78 is 0. The lowest BCUT2D eigenvalue weighted by Crippen LogP contribution is -2.32. The Bertz CT molecular complexity index is 2780. The standard InChI is InChI=1S/C55H47N/c1-53(2)47-14-8-5-11-41(47)44-26-20-36(30-50(44)53)35-18-22-38(23-19-35)56(39-24-27-45-42-12-6-9-15-48(42)54(3,4)51(45)31-39)40-25-28-46-43-13-7-10-16-49(43)55(52(46)32-40)33-34-17-21-37(55)29-34/h5-16,18-20,22-28,30-32,34,37H,17,21,29,33H2,1-4H3. The molecule has 3 unspecified atom stereocenters. The molecule has 7 aromatic rings. The van der Waals surface area contributed by atoms with Crippen LogP contribution in [0.25, 0.3) is 44.5 Å². The van der Waals surface area contributed by atoms with Crippen molar-refractivity contribution in [2.75, 3.05) is 4.90 Å². The van der Waals surface area contributed by atoms with Gasteiger partial charge in [0.2, 0.25) is 0 Å². The average molecular weight is 722 g/mol. The van der Waals surface area contributed by atoms with Crippen molar-refractivity contribution in [2.24, 2.45) is 11.8 Å². The monoisotopic (exact) mass is 721 g/mol. The number of anilines is 3. The number of fused-ring (bicyclic) bond motifs is 14. The van der Waals surface area contributed by atoms with E-state index in [1.54, 1.807) is 11.1 Å². The van der Waals surface area contributed by atoms with Gasteiger partial charge in [-0.05, 0) is 151 Å². The van der Waals surface area contributed by atoms with E-state index in [4.69, 9.17) is 0 Å². The molecule has 0 heterocycles. The Morgan fingerprint density at radius 2 is 0.875 bits per heavy atom. The minimum Gasteiger partial charge on any atom is -0.310 e. The van der Waals surface area contributed by atoms with Crippen LogP contribution in [0.2, 0.25) is 0 Å². The molecular weight excluding hydrogens is 675 g/mol. The smallest absolute Gasteiger partial charge is 0.0465 e.